The van der Waals surface area contributed by atoms with E-state index in [1.54, 1.807) is 16.6 Å². The fraction of sp³-hybridized carbons (Fsp3) is 0.706. The van der Waals surface area contributed by atoms with Crippen LogP contribution in [-0.2, 0) is 29.5 Å². The molecule has 1 fully saturated rings. The summed E-state index contributed by atoms with van der Waals surface area (Å²) in [6.45, 7) is 6.93. The van der Waals surface area contributed by atoms with Gasteiger partial charge in [0.25, 0.3) is 0 Å². The number of hydrogen-bond donors (Lipinski definition) is 1. The summed E-state index contributed by atoms with van der Waals surface area (Å²) in [4.78, 5) is 25.2. The van der Waals surface area contributed by atoms with E-state index in [0.29, 0.717) is 37.9 Å². The first kappa shape index (κ1) is 17.7. The van der Waals surface area contributed by atoms with Gasteiger partial charge in [-0.15, -0.1) is 0 Å². The van der Waals surface area contributed by atoms with Crippen molar-refractivity contribution in [2.24, 2.45) is 7.05 Å². The van der Waals surface area contributed by atoms with Gasteiger partial charge in [-0.2, -0.15) is 5.10 Å². The van der Waals surface area contributed by atoms with Gasteiger partial charge in [0.1, 0.15) is 5.60 Å². The standard InChI is InChI=1S/C17H25N3O5/c1-16(2,3)25-15(23)20-7-5-17(6-8-20)9-12-11(10-24-17)13(14(21)22)18-19(12)4/h5-10H2,1-4H3,(H,21,22). The molecule has 3 heterocycles. The predicted molar refractivity (Wildman–Crippen MR) is 88.4 cm³/mol. The number of aromatic nitrogens is 2. The zero-order valence-corrected chi connectivity index (χ0v) is 15.2. The van der Waals surface area contributed by atoms with E-state index in [-0.39, 0.29) is 24.0 Å². The second-order valence-electron chi connectivity index (χ2n) is 7.82. The first-order chi connectivity index (χ1) is 11.6. The molecule has 2 aliphatic rings. The molecule has 8 heteroatoms. The van der Waals surface area contributed by atoms with Gasteiger partial charge in [-0.05, 0) is 33.6 Å². The number of aryl methyl sites for hydroxylation is 1. The van der Waals surface area contributed by atoms with Gasteiger partial charge in [-0.25, -0.2) is 9.59 Å². The first-order valence-electron chi connectivity index (χ1n) is 8.50. The Labute approximate surface area is 146 Å². The molecule has 0 aliphatic carbocycles. The van der Waals surface area contributed by atoms with Gasteiger partial charge in [-0.1, -0.05) is 0 Å². The molecule has 8 nitrogen and oxygen atoms in total. The lowest BCUT2D eigenvalue weighted by atomic mass is 9.84. The fourth-order valence-electron chi connectivity index (χ4n) is 3.47. The van der Waals surface area contributed by atoms with E-state index in [9.17, 15) is 14.7 Å². The number of amides is 1. The number of aromatic carboxylic acids is 1. The summed E-state index contributed by atoms with van der Waals surface area (Å²) in [5.74, 6) is -1.03. The number of piperidine rings is 1. The van der Waals surface area contributed by atoms with Crippen LogP contribution in [-0.4, -0.2) is 56.1 Å². The van der Waals surface area contributed by atoms with E-state index < -0.39 is 11.6 Å². The van der Waals surface area contributed by atoms with Gasteiger partial charge in [0.05, 0.1) is 12.2 Å². The number of carbonyl (C=O) groups excluding carboxylic acids is 1. The first-order valence-corrected chi connectivity index (χ1v) is 8.50. The summed E-state index contributed by atoms with van der Waals surface area (Å²) in [5.41, 5.74) is 0.766. The summed E-state index contributed by atoms with van der Waals surface area (Å²) in [6.07, 6.45) is 1.70. The van der Waals surface area contributed by atoms with Crippen LogP contribution in [0.3, 0.4) is 0 Å². The van der Waals surface area contributed by atoms with Crippen molar-refractivity contribution in [2.45, 2.75) is 57.8 Å². The van der Waals surface area contributed by atoms with Gasteiger partial charge in [0.15, 0.2) is 5.69 Å². The molecule has 0 radical (unpaired) electrons. The monoisotopic (exact) mass is 351 g/mol. The molecule has 3 rings (SSSR count). The summed E-state index contributed by atoms with van der Waals surface area (Å²) < 4.78 is 13.1. The van der Waals surface area contributed by atoms with Crippen LogP contribution in [0.1, 0.15) is 55.4 Å². The Bertz CT molecular complexity index is 696. The third-order valence-corrected chi connectivity index (χ3v) is 4.82. The highest BCUT2D eigenvalue weighted by atomic mass is 16.6. The third-order valence-electron chi connectivity index (χ3n) is 4.82. The van der Waals surface area contributed by atoms with Crippen molar-refractivity contribution in [1.82, 2.24) is 14.7 Å². The number of nitrogens with zero attached hydrogens (tertiary/aromatic N) is 3. The number of carboxylic acid groups (broad SMARTS) is 1. The Hall–Kier alpha value is -2.09. The number of carbonyl (C=O) groups is 2. The Morgan fingerprint density at radius 3 is 2.48 bits per heavy atom. The average molecular weight is 351 g/mol. The lowest BCUT2D eigenvalue weighted by Gasteiger charge is -2.43. The number of ether oxygens (including phenoxy) is 2. The Morgan fingerprint density at radius 2 is 1.92 bits per heavy atom. The summed E-state index contributed by atoms with van der Waals surface area (Å²) >= 11 is 0. The lowest BCUT2D eigenvalue weighted by Crippen LogP contribution is -2.51. The molecule has 0 atom stereocenters. The maximum Gasteiger partial charge on any atom is 0.410 e. The van der Waals surface area contributed by atoms with Crippen molar-refractivity contribution in [2.75, 3.05) is 13.1 Å². The minimum Gasteiger partial charge on any atom is -0.476 e. The van der Waals surface area contributed by atoms with E-state index in [1.165, 1.54) is 0 Å². The number of carboxylic acids is 1. The molecule has 138 valence electrons. The van der Waals surface area contributed by atoms with Crippen LogP contribution >= 0.6 is 0 Å². The SMILES string of the molecule is Cn1nc(C(=O)O)c2c1CC1(CCN(C(=O)OC(C)(C)C)CC1)OC2. The van der Waals surface area contributed by atoms with E-state index in [2.05, 4.69) is 5.10 Å². The highest BCUT2D eigenvalue weighted by Gasteiger charge is 2.43. The lowest BCUT2D eigenvalue weighted by molar-refractivity contribution is -0.103. The van der Waals surface area contributed by atoms with Crippen LogP contribution < -0.4 is 0 Å². The quantitative estimate of drug-likeness (QED) is 0.831. The normalized spacial score (nSPS) is 19.6. The molecule has 1 aromatic heterocycles. The Morgan fingerprint density at radius 1 is 1.28 bits per heavy atom. The molecule has 0 saturated carbocycles. The molecule has 0 unspecified atom stereocenters. The highest BCUT2D eigenvalue weighted by molar-refractivity contribution is 5.87. The van der Waals surface area contributed by atoms with Gasteiger partial charge < -0.3 is 19.5 Å². The van der Waals surface area contributed by atoms with E-state index >= 15 is 0 Å². The minimum absolute atomic E-state index is 0.0681. The van der Waals surface area contributed by atoms with Gasteiger partial charge in [0, 0.05) is 37.8 Å². The van der Waals surface area contributed by atoms with Gasteiger partial charge >= 0.3 is 12.1 Å². The smallest absolute Gasteiger partial charge is 0.410 e. The molecule has 1 aromatic rings. The maximum absolute atomic E-state index is 12.2. The van der Waals surface area contributed by atoms with Gasteiger partial charge in [-0.3, -0.25) is 4.68 Å². The van der Waals surface area contributed by atoms with Crippen molar-refractivity contribution in [3.8, 4) is 0 Å². The summed E-state index contributed by atoms with van der Waals surface area (Å²) in [5, 5.41) is 13.4. The number of rotatable bonds is 1. The minimum atomic E-state index is -1.03. The zero-order chi connectivity index (χ0) is 18.4. The molecule has 2 aliphatic heterocycles. The number of hydrogen-bond acceptors (Lipinski definition) is 5. The zero-order valence-electron chi connectivity index (χ0n) is 15.2. The van der Waals surface area contributed by atoms with E-state index in [0.717, 1.165) is 5.69 Å². The topological polar surface area (TPSA) is 93.9 Å². The van der Waals surface area contributed by atoms with Crippen LogP contribution in [0.4, 0.5) is 4.79 Å². The van der Waals surface area contributed by atoms with Crippen LogP contribution in [0.25, 0.3) is 0 Å². The Balaban J connectivity index is 1.69. The molecule has 1 saturated heterocycles. The average Bonchev–Trinajstić information content (AvgIpc) is 2.83. The van der Waals surface area contributed by atoms with Crippen LogP contribution in [0.15, 0.2) is 0 Å². The molecule has 1 amide bonds. The molecular formula is C17H25N3O5. The predicted octanol–water partition coefficient (Wildman–Crippen LogP) is 1.96. The maximum atomic E-state index is 12.2. The van der Waals surface area contributed by atoms with Crippen molar-refractivity contribution >= 4 is 12.1 Å². The largest absolute Gasteiger partial charge is 0.476 e. The van der Waals surface area contributed by atoms with Crippen molar-refractivity contribution in [3.63, 3.8) is 0 Å². The van der Waals surface area contributed by atoms with E-state index in [4.69, 9.17) is 9.47 Å². The number of fused-ring (bicyclic) bond motifs is 1. The fourth-order valence-corrected chi connectivity index (χ4v) is 3.47. The number of likely N-dealkylation sites (tertiary alicyclic amines) is 1. The molecule has 0 bridgehead atoms. The second-order valence-corrected chi connectivity index (χ2v) is 7.82. The molecule has 0 aromatic carbocycles. The van der Waals surface area contributed by atoms with E-state index in [1.807, 2.05) is 20.8 Å². The van der Waals surface area contributed by atoms with Gasteiger partial charge in [0.2, 0.25) is 0 Å². The van der Waals surface area contributed by atoms with Crippen molar-refractivity contribution in [1.29, 1.82) is 0 Å². The third kappa shape index (κ3) is 3.49. The summed E-state index contributed by atoms with van der Waals surface area (Å²) in [6, 6.07) is 0. The van der Waals surface area contributed by atoms with Crippen molar-refractivity contribution < 1.29 is 24.2 Å². The van der Waals surface area contributed by atoms with Crippen LogP contribution in [0, 0.1) is 0 Å². The van der Waals surface area contributed by atoms with Crippen molar-refractivity contribution in [3.05, 3.63) is 17.0 Å². The van der Waals surface area contributed by atoms with Crippen LogP contribution in [0.5, 0.6) is 0 Å². The highest BCUT2D eigenvalue weighted by Crippen LogP contribution is 2.37. The van der Waals surface area contributed by atoms with Crippen LogP contribution in [0.2, 0.25) is 0 Å². The molecule has 25 heavy (non-hydrogen) atoms. The molecule has 1 N–H and O–H groups in total. The Kier molecular flexibility index (Phi) is 4.26. The second kappa shape index (κ2) is 6.01. The molecule has 1 spiro atoms. The summed E-state index contributed by atoms with van der Waals surface area (Å²) in [7, 11) is 1.76. The molecular weight excluding hydrogens is 326 g/mol.